The third kappa shape index (κ3) is 2.58. The van der Waals surface area contributed by atoms with E-state index in [1.165, 1.54) is 6.07 Å². The van der Waals surface area contributed by atoms with Crippen molar-refractivity contribution in [3.8, 4) is 0 Å². The van der Waals surface area contributed by atoms with Gasteiger partial charge in [-0.25, -0.2) is 13.0 Å². The van der Waals surface area contributed by atoms with Crippen LogP contribution in [0.1, 0.15) is 30.4 Å². The summed E-state index contributed by atoms with van der Waals surface area (Å²) in [4.78, 5) is 4.39. The van der Waals surface area contributed by atoms with E-state index in [0.717, 1.165) is 3.57 Å². The number of nitrogens with two attached hydrogens (primary N) is 1. The molecule has 1 aliphatic rings. The van der Waals surface area contributed by atoms with Crippen LogP contribution in [-0.2, 0) is 15.3 Å². The lowest BCUT2D eigenvalue weighted by Crippen LogP contribution is -2.54. The van der Waals surface area contributed by atoms with Gasteiger partial charge in [0.25, 0.3) is 0 Å². The van der Waals surface area contributed by atoms with Gasteiger partial charge in [-0.3, -0.25) is 4.99 Å². The monoisotopic (exact) mass is 426 g/mol. The lowest BCUT2D eigenvalue weighted by atomic mass is 9.93. The summed E-state index contributed by atoms with van der Waals surface area (Å²) in [5.41, 5.74) is 4.98. The Bertz CT molecular complexity index is 831. The fraction of sp³-hybridized carbons (Fsp3) is 0.500. The first-order chi connectivity index (χ1) is 10.7. The van der Waals surface area contributed by atoms with E-state index in [0.29, 0.717) is 0 Å². The quantitative estimate of drug-likeness (QED) is 0.702. The van der Waals surface area contributed by atoms with Gasteiger partial charge in [-0.05, 0) is 61.6 Å². The Kier molecular flexibility index (Phi) is 3.16. The smallest absolute Gasteiger partial charge is 0.128 e. The van der Waals surface area contributed by atoms with E-state index in [4.69, 9.17) is 9.85 Å². The Morgan fingerprint density at radius 1 is 1.52 bits per heavy atom. The summed E-state index contributed by atoms with van der Waals surface area (Å²) in [6.45, 7) is 1.96. The van der Waals surface area contributed by atoms with Crippen molar-refractivity contribution in [1.82, 2.24) is 0 Å². The lowest BCUT2D eigenvalue weighted by molar-refractivity contribution is 0.491. The SMILES string of the molecule is [2H]C([2H])([2H])N=[S@@]1(=O)C[C@@](C)(c2cc(I)ccc2F)N=C(N)C1(C)C. The topological polar surface area (TPSA) is 67.8 Å². The van der Waals surface area contributed by atoms with E-state index in [1.807, 2.05) is 22.6 Å². The van der Waals surface area contributed by atoms with E-state index in [-0.39, 0.29) is 17.2 Å². The summed E-state index contributed by atoms with van der Waals surface area (Å²) in [7, 11) is -3.32. The summed E-state index contributed by atoms with van der Waals surface area (Å²) in [5, 5.41) is 0. The van der Waals surface area contributed by atoms with Crippen molar-refractivity contribution in [2.24, 2.45) is 15.1 Å². The van der Waals surface area contributed by atoms with Crippen molar-refractivity contribution < 1.29 is 12.7 Å². The summed E-state index contributed by atoms with van der Waals surface area (Å²) < 4.78 is 53.1. The molecule has 2 rings (SSSR count). The van der Waals surface area contributed by atoms with Crippen LogP contribution in [-0.4, -0.2) is 27.5 Å². The highest BCUT2D eigenvalue weighted by atomic mass is 127. The molecule has 0 amide bonds. The van der Waals surface area contributed by atoms with Crippen LogP contribution in [0.25, 0.3) is 0 Å². The van der Waals surface area contributed by atoms with Crippen LogP contribution < -0.4 is 5.73 Å². The largest absolute Gasteiger partial charge is 0.386 e. The van der Waals surface area contributed by atoms with Gasteiger partial charge in [0.05, 0.1) is 15.5 Å². The Hall–Kier alpha value is -0.700. The Balaban J connectivity index is 2.76. The third-order valence-corrected chi connectivity index (χ3v) is 7.64. The molecule has 0 unspecified atom stereocenters. The molecule has 0 radical (unpaired) electrons. The molecule has 1 aliphatic heterocycles. The van der Waals surface area contributed by atoms with Crippen LogP contribution in [0.4, 0.5) is 4.39 Å². The van der Waals surface area contributed by atoms with Crippen molar-refractivity contribution >= 4 is 38.2 Å². The maximum absolute atomic E-state index is 14.4. The van der Waals surface area contributed by atoms with Gasteiger partial charge >= 0.3 is 0 Å². The average molecular weight is 426 g/mol. The first-order valence-corrected chi connectivity index (χ1v) is 9.03. The second kappa shape index (κ2) is 5.19. The van der Waals surface area contributed by atoms with Crippen molar-refractivity contribution in [3.63, 3.8) is 0 Å². The maximum atomic E-state index is 14.4. The van der Waals surface area contributed by atoms with Crippen molar-refractivity contribution in [1.29, 1.82) is 0 Å². The molecule has 7 heteroatoms. The molecule has 0 bridgehead atoms. The number of halogens is 2. The highest BCUT2D eigenvalue weighted by molar-refractivity contribution is 14.1. The van der Waals surface area contributed by atoms with E-state index < -0.39 is 32.8 Å². The van der Waals surface area contributed by atoms with Gasteiger partial charge in [0.2, 0.25) is 0 Å². The van der Waals surface area contributed by atoms with Gasteiger partial charge in [-0.2, -0.15) is 0 Å². The fourth-order valence-corrected chi connectivity index (χ4v) is 4.85. The second-order valence-corrected chi connectivity index (χ2v) is 9.80. The molecular weight excluding hydrogens is 404 g/mol. The van der Waals surface area contributed by atoms with E-state index >= 15 is 0 Å². The number of benzene rings is 1. The minimum absolute atomic E-state index is 0.00695. The predicted molar refractivity (Wildman–Crippen MR) is 93.5 cm³/mol. The predicted octanol–water partition coefficient (Wildman–Crippen LogP) is 2.89. The summed E-state index contributed by atoms with van der Waals surface area (Å²) >= 11 is 2.04. The molecule has 1 aromatic carbocycles. The minimum atomic E-state index is -3.32. The molecule has 0 fully saturated rings. The molecule has 0 saturated carbocycles. The summed E-state index contributed by atoms with van der Waals surface area (Å²) in [5.74, 6) is -0.722. The first-order valence-electron chi connectivity index (χ1n) is 7.77. The minimum Gasteiger partial charge on any atom is -0.386 e. The fourth-order valence-electron chi connectivity index (χ4n) is 2.35. The Labute approximate surface area is 143 Å². The van der Waals surface area contributed by atoms with Gasteiger partial charge in [-0.15, -0.1) is 0 Å². The average Bonchev–Trinajstić information content (AvgIpc) is 2.37. The number of amidine groups is 1. The van der Waals surface area contributed by atoms with Gasteiger partial charge < -0.3 is 5.73 Å². The summed E-state index contributed by atoms with van der Waals surface area (Å²) in [6, 6.07) is 4.50. The Morgan fingerprint density at radius 3 is 2.81 bits per heavy atom. The van der Waals surface area contributed by atoms with E-state index in [2.05, 4.69) is 9.36 Å². The van der Waals surface area contributed by atoms with Crippen LogP contribution in [0.15, 0.2) is 27.6 Å². The summed E-state index contributed by atoms with van der Waals surface area (Å²) in [6.07, 6.45) is 0. The second-order valence-electron chi connectivity index (χ2n) is 5.78. The van der Waals surface area contributed by atoms with E-state index in [9.17, 15) is 8.60 Å². The molecule has 1 aromatic rings. The van der Waals surface area contributed by atoms with Gasteiger partial charge in [0.15, 0.2) is 0 Å². The van der Waals surface area contributed by atoms with Crippen LogP contribution in [0, 0.1) is 9.39 Å². The zero-order valence-electron chi connectivity index (χ0n) is 15.0. The normalized spacial score (nSPS) is 34.3. The number of hydrogen-bond acceptors (Lipinski definition) is 4. The number of nitrogens with zero attached hydrogens (tertiary/aromatic N) is 2. The standard InChI is InChI=1S/C14H19FIN3OS/c1-13(2)12(17)19-14(3,8-21(13,20)18-4)10-7-9(16)5-6-11(10)15/h5-7H,8H2,1-4H3,(H2,17,19)/t14-,21+/m0/s1/i4D3. The van der Waals surface area contributed by atoms with Crippen LogP contribution in [0.2, 0.25) is 0 Å². The van der Waals surface area contributed by atoms with Crippen LogP contribution in [0.3, 0.4) is 0 Å². The molecule has 0 saturated heterocycles. The highest BCUT2D eigenvalue weighted by Crippen LogP contribution is 2.39. The van der Waals surface area contributed by atoms with Crippen LogP contribution >= 0.6 is 22.6 Å². The number of aliphatic imine (C=N–C) groups is 1. The number of rotatable bonds is 1. The third-order valence-electron chi connectivity index (χ3n) is 3.91. The molecule has 116 valence electrons. The molecule has 0 spiro atoms. The van der Waals surface area contributed by atoms with E-state index in [1.54, 1.807) is 32.9 Å². The van der Waals surface area contributed by atoms with Crippen molar-refractivity contribution in [2.45, 2.75) is 31.1 Å². The Morgan fingerprint density at radius 2 is 2.19 bits per heavy atom. The van der Waals surface area contributed by atoms with Gasteiger partial charge in [-0.1, -0.05) is 0 Å². The maximum Gasteiger partial charge on any atom is 0.128 e. The molecular formula is C14H19FIN3OS. The molecule has 2 N–H and O–H groups in total. The lowest BCUT2D eigenvalue weighted by Gasteiger charge is -2.40. The molecule has 2 atom stereocenters. The highest BCUT2D eigenvalue weighted by Gasteiger charge is 2.47. The van der Waals surface area contributed by atoms with Gasteiger partial charge in [0.1, 0.15) is 21.9 Å². The zero-order chi connectivity index (χ0) is 18.6. The molecule has 0 aromatic heterocycles. The first kappa shape index (κ1) is 12.8. The zero-order valence-corrected chi connectivity index (χ0v) is 15.0. The van der Waals surface area contributed by atoms with Crippen molar-refractivity contribution in [3.05, 3.63) is 33.1 Å². The van der Waals surface area contributed by atoms with Crippen LogP contribution in [0.5, 0.6) is 0 Å². The number of hydrogen-bond donors (Lipinski definition) is 1. The van der Waals surface area contributed by atoms with Gasteiger partial charge in [0, 0.05) is 20.2 Å². The molecule has 0 aliphatic carbocycles. The molecule has 1 heterocycles. The van der Waals surface area contributed by atoms with Crippen molar-refractivity contribution in [2.75, 3.05) is 12.7 Å². The molecule has 4 nitrogen and oxygen atoms in total. The molecule has 21 heavy (non-hydrogen) atoms.